The van der Waals surface area contributed by atoms with Gasteiger partial charge in [-0.15, -0.1) is 0 Å². The minimum absolute atomic E-state index is 0.0470. The summed E-state index contributed by atoms with van der Waals surface area (Å²) < 4.78 is 59.0. The number of hydrogen-bond donors (Lipinski definition) is 0. The second-order valence-corrected chi connectivity index (χ2v) is 9.03. The predicted octanol–water partition coefficient (Wildman–Crippen LogP) is 5.08. The molecule has 2 bridgehead atoms. The van der Waals surface area contributed by atoms with Crippen LogP contribution in [0.5, 0.6) is 5.88 Å². The number of carbonyl (C=O) groups is 1. The summed E-state index contributed by atoms with van der Waals surface area (Å²) in [6, 6.07) is 6.14. The first kappa shape index (κ1) is 23.2. The zero-order chi connectivity index (χ0) is 24.9. The second-order valence-electron chi connectivity index (χ2n) is 9.03. The Morgan fingerprint density at radius 1 is 1.11 bits per heavy atom. The van der Waals surface area contributed by atoms with Crippen LogP contribution in [0.3, 0.4) is 0 Å². The molecular formula is C25H22F4N4O2. The Morgan fingerprint density at radius 2 is 1.91 bits per heavy atom. The highest BCUT2D eigenvalue weighted by Gasteiger charge is 2.53. The SMILES string of the molecule is Cc1cnc(C(=O)N2[C@H](C)[C@H]3C[C@@H](Oc4ccc(C(F)(F)F)cn4)[C@@H]2C3)c(-c2ncccc2F)c1. The molecule has 6 nitrogen and oxygen atoms in total. The average molecular weight is 486 g/mol. The Balaban J connectivity index is 1.42. The lowest BCUT2D eigenvalue weighted by Gasteiger charge is -2.37. The minimum atomic E-state index is -4.48. The number of piperidine rings is 1. The number of ether oxygens (including phenoxy) is 1. The van der Waals surface area contributed by atoms with Gasteiger partial charge in [-0.25, -0.2) is 9.37 Å². The first-order valence-corrected chi connectivity index (χ1v) is 11.2. The summed E-state index contributed by atoms with van der Waals surface area (Å²) >= 11 is 0. The summed E-state index contributed by atoms with van der Waals surface area (Å²) in [5.41, 5.74) is 0.352. The monoisotopic (exact) mass is 486 g/mol. The predicted molar refractivity (Wildman–Crippen MR) is 118 cm³/mol. The third-order valence-electron chi connectivity index (χ3n) is 6.80. The molecule has 0 spiro atoms. The Morgan fingerprint density at radius 3 is 2.57 bits per heavy atom. The van der Waals surface area contributed by atoms with E-state index in [0.29, 0.717) is 18.4 Å². The van der Waals surface area contributed by atoms with Crippen LogP contribution in [0.1, 0.15) is 41.4 Å². The maximum Gasteiger partial charge on any atom is 0.417 e. The molecule has 1 saturated carbocycles. The zero-order valence-electron chi connectivity index (χ0n) is 19.0. The van der Waals surface area contributed by atoms with E-state index in [2.05, 4.69) is 15.0 Å². The number of aromatic nitrogens is 3. The van der Waals surface area contributed by atoms with Gasteiger partial charge in [0.1, 0.15) is 23.3 Å². The molecule has 35 heavy (non-hydrogen) atoms. The highest BCUT2D eigenvalue weighted by Crippen LogP contribution is 2.45. The molecule has 0 radical (unpaired) electrons. The van der Waals surface area contributed by atoms with Gasteiger partial charge in [0.05, 0.1) is 11.6 Å². The third-order valence-corrected chi connectivity index (χ3v) is 6.80. The smallest absolute Gasteiger partial charge is 0.417 e. The first-order chi connectivity index (χ1) is 16.6. The van der Waals surface area contributed by atoms with E-state index < -0.39 is 23.7 Å². The van der Waals surface area contributed by atoms with Crippen LogP contribution in [0, 0.1) is 18.7 Å². The van der Waals surface area contributed by atoms with Crippen molar-refractivity contribution >= 4 is 5.91 Å². The number of pyridine rings is 3. The second kappa shape index (κ2) is 8.58. The van der Waals surface area contributed by atoms with Crippen molar-refractivity contribution in [3.05, 3.63) is 71.6 Å². The van der Waals surface area contributed by atoms with Crippen LogP contribution in [0.2, 0.25) is 0 Å². The fourth-order valence-corrected chi connectivity index (χ4v) is 5.09. The maximum absolute atomic E-state index is 14.5. The molecule has 3 aromatic rings. The van der Waals surface area contributed by atoms with Crippen molar-refractivity contribution < 1.29 is 27.1 Å². The quantitative estimate of drug-likeness (QED) is 0.482. The molecule has 4 atom stereocenters. The number of aryl methyl sites for hydroxylation is 1. The zero-order valence-corrected chi connectivity index (χ0v) is 19.0. The summed E-state index contributed by atoms with van der Waals surface area (Å²) in [7, 11) is 0. The number of amides is 1. The molecule has 5 rings (SSSR count). The summed E-state index contributed by atoms with van der Waals surface area (Å²) in [4.78, 5) is 27.7. The Bertz CT molecular complexity index is 1270. The molecule has 0 unspecified atom stereocenters. The molecule has 1 aliphatic carbocycles. The van der Waals surface area contributed by atoms with Gasteiger partial charge in [0.2, 0.25) is 5.88 Å². The number of halogens is 4. The number of nitrogens with zero attached hydrogens (tertiary/aromatic N) is 4. The van der Waals surface area contributed by atoms with Crippen LogP contribution < -0.4 is 4.74 Å². The van der Waals surface area contributed by atoms with Gasteiger partial charge in [-0.3, -0.25) is 14.8 Å². The summed E-state index contributed by atoms with van der Waals surface area (Å²) in [5.74, 6) is -0.692. The lowest BCUT2D eigenvalue weighted by Crippen LogP contribution is -2.51. The standard InChI is InChI=1S/C25H22F4N4O2/c1-13-8-17(22-18(26)4-3-7-30-22)23(32-11-13)24(34)33-14(2)15-9-19(33)20(10-15)35-21-6-5-16(12-31-21)25(27,28)29/h3-8,11-12,14-15,19-20H,9-10H2,1-2H3/t14-,15-,19+,20-/m1/s1. The van der Waals surface area contributed by atoms with Crippen molar-refractivity contribution in [2.45, 2.75) is 51.1 Å². The summed E-state index contributed by atoms with van der Waals surface area (Å²) in [5, 5.41) is 0. The number of fused-ring (bicyclic) bond motifs is 2. The van der Waals surface area contributed by atoms with Crippen LogP contribution in [-0.2, 0) is 6.18 Å². The van der Waals surface area contributed by atoms with Crippen LogP contribution in [0.25, 0.3) is 11.3 Å². The normalized spacial score (nSPS) is 23.5. The fraction of sp³-hybridized carbons (Fsp3) is 0.360. The Hall–Kier alpha value is -3.56. The van der Waals surface area contributed by atoms with Crippen molar-refractivity contribution in [3.63, 3.8) is 0 Å². The summed E-state index contributed by atoms with van der Waals surface area (Å²) in [6.45, 7) is 3.75. The van der Waals surface area contributed by atoms with E-state index in [1.54, 1.807) is 24.1 Å². The minimum Gasteiger partial charge on any atom is -0.472 e. The van der Waals surface area contributed by atoms with Crippen LogP contribution in [0.4, 0.5) is 17.6 Å². The largest absolute Gasteiger partial charge is 0.472 e. The fourth-order valence-electron chi connectivity index (χ4n) is 5.09. The molecule has 3 aromatic heterocycles. The highest BCUT2D eigenvalue weighted by molar-refractivity contribution is 5.99. The van der Waals surface area contributed by atoms with Crippen molar-refractivity contribution in [1.82, 2.24) is 19.9 Å². The van der Waals surface area contributed by atoms with Gasteiger partial charge in [-0.1, -0.05) is 0 Å². The number of hydrogen-bond acceptors (Lipinski definition) is 5. The van der Waals surface area contributed by atoms with E-state index in [9.17, 15) is 22.4 Å². The summed E-state index contributed by atoms with van der Waals surface area (Å²) in [6.07, 6.45) is 0.177. The molecule has 1 amide bonds. The molecule has 10 heteroatoms. The lowest BCUT2D eigenvalue weighted by molar-refractivity contribution is -0.137. The van der Waals surface area contributed by atoms with Crippen molar-refractivity contribution in [1.29, 1.82) is 0 Å². The topological polar surface area (TPSA) is 68.2 Å². The van der Waals surface area contributed by atoms with Gasteiger partial charge in [0.15, 0.2) is 0 Å². The first-order valence-electron chi connectivity index (χ1n) is 11.2. The Labute approximate surface area is 199 Å². The van der Waals surface area contributed by atoms with Crippen molar-refractivity contribution in [2.24, 2.45) is 5.92 Å². The lowest BCUT2D eigenvalue weighted by atomic mass is 9.98. The van der Waals surface area contributed by atoms with Gasteiger partial charge in [-0.2, -0.15) is 13.2 Å². The number of carbonyl (C=O) groups excluding carboxylic acids is 1. The van der Waals surface area contributed by atoms with Gasteiger partial charge in [0.25, 0.3) is 5.91 Å². The molecule has 182 valence electrons. The maximum atomic E-state index is 14.5. The third kappa shape index (κ3) is 4.21. The molecule has 2 aliphatic rings. The molecule has 0 N–H and O–H groups in total. The molecule has 2 fully saturated rings. The molecule has 1 saturated heterocycles. The van der Waals surface area contributed by atoms with E-state index in [1.165, 1.54) is 24.4 Å². The average Bonchev–Trinajstić information content (AvgIpc) is 3.36. The van der Waals surface area contributed by atoms with E-state index in [0.717, 1.165) is 17.8 Å². The molecule has 1 aliphatic heterocycles. The molecule has 0 aromatic carbocycles. The van der Waals surface area contributed by atoms with Gasteiger partial charge in [-0.05, 0) is 62.4 Å². The van der Waals surface area contributed by atoms with Gasteiger partial charge >= 0.3 is 6.18 Å². The number of likely N-dealkylation sites (tertiary alicyclic amines) is 1. The van der Waals surface area contributed by atoms with Crippen molar-refractivity contribution in [2.75, 3.05) is 0 Å². The van der Waals surface area contributed by atoms with Crippen LogP contribution in [0.15, 0.2) is 48.9 Å². The Kier molecular flexibility index (Phi) is 5.69. The van der Waals surface area contributed by atoms with E-state index in [-0.39, 0.29) is 41.2 Å². The van der Waals surface area contributed by atoms with Gasteiger partial charge in [0, 0.05) is 36.3 Å². The highest BCUT2D eigenvalue weighted by atomic mass is 19.4. The van der Waals surface area contributed by atoms with E-state index in [4.69, 9.17) is 4.74 Å². The van der Waals surface area contributed by atoms with Gasteiger partial charge < -0.3 is 9.64 Å². The van der Waals surface area contributed by atoms with Crippen molar-refractivity contribution in [3.8, 4) is 17.1 Å². The number of rotatable bonds is 4. The van der Waals surface area contributed by atoms with Crippen LogP contribution in [-0.4, -0.2) is 43.9 Å². The van der Waals surface area contributed by atoms with E-state index >= 15 is 0 Å². The molecule has 4 heterocycles. The molecular weight excluding hydrogens is 464 g/mol. The van der Waals surface area contributed by atoms with Crippen LogP contribution >= 0.6 is 0 Å². The number of alkyl halides is 3. The van der Waals surface area contributed by atoms with E-state index in [1.807, 2.05) is 6.92 Å².